The van der Waals surface area contributed by atoms with Gasteiger partial charge >= 0.3 is 0 Å². The maximum Gasteiger partial charge on any atom is 0.238 e. The number of anilines is 2. The molecule has 0 aliphatic heterocycles. The van der Waals surface area contributed by atoms with Crippen LogP contribution in [-0.2, 0) is 21.4 Å². The number of nitrogens with two attached hydrogens (primary N) is 1. The highest BCUT2D eigenvalue weighted by atomic mass is 32.2. The van der Waals surface area contributed by atoms with E-state index in [1.165, 1.54) is 30.4 Å². The van der Waals surface area contributed by atoms with Gasteiger partial charge < -0.3 is 10.6 Å². The van der Waals surface area contributed by atoms with Gasteiger partial charge in [0.1, 0.15) is 0 Å². The van der Waals surface area contributed by atoms with Gasteiger partial charge in [0.15, 0.2) is 0 Å². The molecular weight excluding hydrogens is 310 g/mol. The van der Waals surface area contributed by atoms with Crippen molar-refractivity contribution >= 4 is 38.6 Å². The zero-order valence-corrected chi connectivity index (χ0v) is 12.9. The van der Waals surface area contributed by atoms with E-state index in [0.29, 0.717) is 12.2 Å². The molecule has 1 aromatic heterocycles. The molecule has 0 saturated carbocycles. The van der Waals surface area contributed by atoms with Crippen LogP contribution in [-0.4, -0.2) is 14.3 Å². The molecule has 1 aromatic carbocycles. The minimum absolute atomic E-state index is 0.0563. The Hall–Kier alpha value is -1.90. The lowest BCUT2D eigenvalue weighted by molar-refractivity contribution is -0.114. The maximum atomic E-state index is 11.3. The fourth-order valence-corrected chi connectivity index (χ4v) is 3.07. The molecule has 0 fully saturated rings. The van der Waals surface area contributed by atoms with Crippen LogP contribution in [0.15, 0.2) is 40.6 Å². The van der Waals surface area contributed by atoms with Crippen molar-refractivity contribution in [3.63, 3.8) is 0 Å². The molecule has 0 aliphatic carbocycles. The minimum atomic E-state index is -3.72. The summed E-state index contributed by atoms with van der Waals surface area (Å²) >= 11 is 1.50. The molecular formula is C13H15N3O3S2. The van der Waals surface area contributed by atoms with Crippen molar-refractivity contribution < 1.29 is 13.2 Å². The number of hydrogen-bond donors (Lipinski definition) is 3. The largest absolute Gasteiger partial charge is 0.380 e. The van der Waals surface area contributed by atoms with Gasteiger partial charge in [0.05, 0.1) is 17.1 Å². The van der Waals surface area contributed by atoms with Crippen LogP contribution in [0.4, 0.5) is 11.4 Å². The number of sulfonamides is 1. The fraction of sp³-hybridized carbons (Fsp3) is 0.154. The van der Waals surface area contributed by atoms with Crippen molar-refractivity contribution in [2.24, 2.45) is 5.14 Å². The second-order valence-corrected chi connectivity index (χ2v) is 6.93. The summed E-state index contributed by atoms with van der Waals surface area (Å²) in [6.45, 7) is 1.92. The third-order valence-electron chi connectivity index (χ3n) is 2.67. The number of benzene rings is 1. The van der Waals surface area contributed by atoms with E-state index in [0.717, 1.165) is 10.6 Å². The Bertz CT molecular complexity index is 754. The summed E-state index contributed by atoms with van der Waals surface area (Å²) in [7, 11) is -3.72. The summed E-state index contributed by atoms with van der Waals surface area (Å²) in [5.74, 6) is -0.133. The second kappa shape index (κ2) is 6.25. The lowest BCUT2D eigenvalue weighted by Crippen LogP contribution is -2.12. The first-order valence-corrected chi connectivity index (χ1v) is 8.49. The molecule has 0 unspecified atom stereocenters. The zero-order valence-electron chi connectivity index (χ0n) is 11.3. The van der Waals surface area contributed by atoms with Crippen LogP contribution in [0.5, 0.6) is 0 Å². The van der Waals surface area contributed by atoms with Crippen LogP contribution in [0, 0.1) is 0 Å². The zero-order chi connectivity index (χ0) is 15.5. The van der Waals surface area contributed by atoms with E-state index in [1.807, 2.05) is 11.4 Å². The van der Waals surface area contributed by atoms with Gasteiger partial charge in [-0.25, -0.2) is 13.6 Å². The smallest absolute Gasteiger partial charge is 0.238 e. The average Bonchev–Trinajstić information content (AvgIpc) is 2.82. The van der Waals surface area contributed by atoms with Gasteiger partial charge in [-0.3, -0.25) is 4.79 Å². The topological polar surface area (TPSA) is 101 Å². The van der Waals surface area contributed by atoms with Crippen molar-refractivity contribution in [2.75, 3.05) is 10.6 Å². The Morgan fingerprint density at radius 2 is 2.10 bits per heavy atom. The first-order chi connectivity index (χ1) is 9.86. The highest BCUT2D eigenvalue weighted by molar-refractivity contribution is 7.89. The molecule has 6 nitrogen and oxygen atoms in total. The van der Waals surface area contributed by atoms with E-state index in [4.69, 9.17) is 5.14 Å². The normalized spacial score (nSPS) is 11.1. The van der Waals surface area contributed by atoms with E-state index in [1.54, 1.807) is 12.1 Å². The molecule has 112 valence electrons. The summed E-state index contributed by atoms with van der Waals surface area (Å²) in [4.78, 5) is 12.1. The van der Waals surface area contributed by atoms with Gasteiger partial charge in [-0.1, -0.05) is 6.07 Å². The van der Waals surface area contributed by atoms with E-state index >= 15 is 0 Å². The molecule has 0 saturated heterocycles. The molecule has 2 aromatic rings. The Morgan fingerprint density at radius 1 is 1.33 bits per heavy atom. The van der Waals surface area contributed by atoms with E-state index in [9.17, 15) is 13.2 Å². The minimum Gasteiger partial charge on any atom is -0.380 e. The van der Waals surface area contributed by atoms with Crippen LogP contribution < -0.4 is 15.8 Å². The van der Waals surface area contributed by atoms with Crippen molar-refractivity contribution in [1.82, 2.24) is 0 Å². The fourth-order valence-electron chi connectivity index (χ4n) is 1.74. The van der Waals surface area contributed by atoms with Crippen molar-refractivity contribution in [1.29, 1.82) is 0 Å². The highest BCUT2D eigenvalue weighted by Crippen LogP contribution is 2.24. The van der Waals surface area contributed by atoms with Gasteiger partial charge in [-0.05, 0) is 29.6 Å². The van der Waals surface area contributed by atoms with Crippen molar-refractivity contribution in [3.05, 3.63) is 40.6 Å². The molecule has 8 heteroatoms. The summed E-state index contributed by atoms with van der Waals surface area (Å²) in [5.41, 5.74) is 1.39. The molecule has 1 heterocycles. The van der Waals surface area contributed by atoms with Gasteiger partial charge in [0.25, 0.3) is 0 Å². The molecule has 0 radical (unpaired) electrons. The third-order valence-corrected chi connectivity index (χ3v) is 4.50. The van der Waals surface area contributed by atoms with Gasteiger partial charge in [-0.2, -0.15) is 0 Å². The number of thiophene rings is 1. The molecule has 0 aliphatic rings. The van der Waals surface area contributed by atoms with E-state index < -0.39 is 10.0 Å². The first kappa shape index (κ1) is 15.5. The van der Waals surface area contributed by atoms with Gasteiger partial charge in [0, 0.05) is 17.5 Å². The standard InChI is InChI=1S/C13H15N3O3S2/c1-9(17)16-12-5-6-20-13(12)8-15-10-3-2-4-11(7-10)21(14,18)19/h2-7,15H,8H2,1H3,(H,16,17)(H2,14,18,19). The maximum absolute atomic E-state index is 11.3. The number of amides is 1. The Balaban J connectivity index is 2.10. The van der Waals surface area contributed by atoms with Crippen LogP contribution in [0.3, 0.4) is 0 Å². The SMILES string of the molecule is CC(=O)Nc1ccsc1CNc1cccc(S(N)(=O)=O)c1. The van der Waals surface area contributed by atoms with Crippen LogP contribution in [0.2, 0.25) is 0 Å². The quantitative estimate of drug-likeness (QED) is 0.782. The lowest BCUT2D eigenvalue weighted by atomic mass is 10.3. The summed E-state index contributed by atoms with van der Waals surface area (Å²) in [6.07, 6.45) is 0. The predicted octanol–water partition coefficient (Wildman–Crippen LogP) is 1.97. The Labute approximate surface area is 127 Å². The number of rotatable bonds is 5. The van der Waals surface area contributed by atoms with Gasteiger partial charge in [-0.15, -0.1) is 11.3 Å². The summed E-state index contributed by atoms with van der Waals surface area (Å²) < 4.78 is 22.6. The van der Waals surface area contributed by atoms with Crippen molar-refractivity contribution in [2.45, 2.75) is 18.4 Å². The summed E-state index contributed by atoms with van der Waals surface area (Å²) in [6, 6.07) is 8.10. The predicted molar refractivity (Wildman–Crippen MR) is 83.8 cm³/mol. The second-order valence-electron chi connectivity index (χ2n) is 4.37. The van der Waals surface area contributed by atoms with E-state index in [-0.39, 0.29) is 10.8 Å². The Kier molecular flexibility index (Phi) is 4.61. The van der Waals surface area contributed by atoms with Crippen LogP contribution >= 0.6 is 11.3 Å². The third kappa shape index (κ3) is 4.28. The molecule has 0 spiro atoms. The highest BCUT2D eigenvalue weighted by Gasteiger charge is 2.09. The molecule has 21 heavy (non-hydrogen) atoms. The number of nitrogens with one attached hydrogen (secondary N) is 2. The van der Waals surface area contributed by atoms with E-state index in [2.05, 4.69) is 10.6 Å². The molecule has 1 amide bonds. The number of carbonyl (C=O) groups excluding carboxylic acids is 1. The molecule has 2 rings (SSSR count). The summed E-state index contributed by atoms with van der Waals surface area (Å²) in [5, 5.41) is 12.8. The Morgan fingerprint density at radius 3 is 2.76 bits per heavy atom. The monoisotopic (exact) mass is 325 g/mol. The van der Waals surface area contributed by atoms with Crippen LogP contribution in [0.1, 0.15) is 11.8 Å². The van der Waals surface area contributed by atoms with Crippen molar-refractivity contribution in [3.8, 4) is 0 Å². The molecule has 0 bridgehead atoms. The van der Waals surface area contributed by atoms with Gasteiger partial charge in [0.2, 0.25) is 15.9 Å². The first-order valence-electron chi connectivity index (χ1n) is 6.07. The molecule has 4 N–H and O–H groups in total. The number of primary sulfonamides is 1. The van der Waals surface area contributed by atoms with Crippen LogP contribution in [0.25, 0.3) is 0 Å². The number of carbonyl (C=O) groups is 1. The number of hydrogen-bond acceptors (Lipinski definition) is 5. The average molecular weight is 325 g/mol. The lowest BCUT2D eigenvalue weighted by Gasteiger charge is -2.08. The molecule has 0 atom stereocenters.